The van der Waals surface area contributed by atoms with Crippen molar-refractivity contribution in [2.75, 3.05) is 11.5 Å². The maximum absolute atomic E-state index is 5.71. The molecule has 2 rings (SSSR count). The molecule has 0 atom stereocenters. The summed E-state index contributed by atoms with van der Waals surface area (Å²) in [6, 6.07) is 0. The Morgan fingerprint density at radius 3 is 2.81 bits per heavy atom. The van der Waals surface area contributed by atoms with Gasteiger partial charge in [-0.25, -0.2) is 15.0 Å². The minimum atomic E-state index is 0.508. The third-order valence-electron chi connectivity index (χ3n) is 2.10. The number of rotatable bonds is 4. The van der Waals surface area contributed by atoms with Crippen LogP contribution in [0.5, 0.6) is 0 Å². The monoisotopic (exact) mass is 252 g/mol. The lowest BCUT2D eigenvalue weighted by Crippen LogP contribution is -1.96. The topological polar surface area (TPSA) is 64.7 Å². The van der Waals surface area contributed by atoms with Gasteiger partial charge in [-0.3, -0.25) is 0 Å². The van der Waals surface area contributed by atoms with Crippen molar-refractivity contribution in [3.05, 3.63) is 28.5 Å². The fourth-order valence-corrected chi connectivity index (χ4v) is 3.00. The van der Waals surface area contributed by atoms with Gasteiger partial charge in [-0.2, -0.15) is 0 Å². The number of hydrogen-bond acceptors (Lipinski definition) is 6. The van der Waals surface area contributed by atoms with E-state index in [2.05, 4.69) is 15.0 Å². The molecule has 0 aromatic carbocycles. The van der Waals surface area contributed by atoms with E-state index in [-0.39, 0.29) is 0 Å². The molecule has 6 heteroatoms. The van der Waals surface area contributed by atoms with E-state index in [9.17, 15) is 0 Å². The lowest BCUT2D eigenvalue weighted by Gasteiger charge is -2.02. The summed E-state index contributed by atoms with van der Waals surface area (Å²) < 4.78 is 0. The van der Waals surface area contributed by atoms with Crippen molar-refractivity contribution in [1.82, 2.24) is 15.0 Å². The summed E-state index contributed by atoms with van der Waals surface area (Å²) in [7, 11) is 0. The van der Waals surface area contributed by atoms with E-state index in [0.29, 0.717) is 5.82 Å². The molecule has 2 aromatic heterocycles. The predicted molar refractivity (Wildman–Crippen MR) is 67.7 cm³/mol. The van der Waals surface area contributed by atoms with Crippen LogP contribution in [-0.2, 0) is 6.42 Å². The van der Waals surface area contributed by atoms with Crippen LogP contribution in [0.3, 0.4) is 0 Å². The van der Waals surface area contributed by atoms with Gasteiger partial charge in [0.1, 0.15) is 5.03 Å². The number of thioether (sulfide) groups is 1. The Labute approximate surface area is 102 Å². The van der Waals surface area contributed by atoms with Gasteiger partial charge in [-0.05, 0) is 13.3 Å². The normalized spacial score (nSPS) is 10.6. The largest absolute Gasteiger partial charge is 0.381 e. The summed E-state index contributed by atoms with van der Waals surface area (Å²) in [5.41, 5.74) is 8.71. The molecule has 0 radical (unpaired) electrons. The lowest BCUT2D eigenvalue weighted by atomic mass is 10.3. The van der Waals surface area contributed by atoms with Crippen LogP contribution in [0.1, 0.15) is 10.6 Å². The number of thiazole rings is 1. The minimum Gasteiger partial charge on any atom is -0.381 e. The van der Waals surface area contributed by atoms with Crippen molar-refractivity contribution >= 4 is 28.9 Å². The molecule has 0 aliphatic rings. The number of aromatic nitrogens is 3. The Bertz CT molecular complexity index is 469. The second kappa shape index (κ2) is 5.27. The van der Waals surface area contributed by atoms with Crippen LogP contribution in [0.25, 0.3) is 0 Å². The first-order valence-electron chi connectivity index (χ1n) is 4.85. The number of nitrogen functional groups attached to an aromatic ring is 1. The molecule has 0 saturated heterocycles. The number of aryl methyl sites for hydroxylation is 2. The molecule has 0 spiro atoms. The first kappa shape index (κ1) is 11.3. The van der Waals surface area contributed by atoms with Gasteiger partial charge in [0.05, 0.1) is 11.2 Å². The average molecular weight is 252 g/mol. The van der Waals surface area contributed by atoms with Crippen molar-refractivity contribution in [2.24, 2.45) is 0 Å². The van der Waals surface area contributed by atoms with Gasteiger partial charge in [0.2, 0.25) is 0 Å². The molecular weight excluding hydrogens is 240 g/mol. The fourth-order valence-electron chi connectivity index (χ4n) is 1.25. The zero-order chi connectivity index (χ0) is 11.4. The average Bonchev–Trinajstić information content (AvgIpc) is 2.67. The summed E-state index contributed by atoms with van der Waals surface area (Å²) in [6.45, 7) is 2.03. The zero-order valence-electron chi connectivity index (χ0n) is 8.88. The Balaban J connectivity index is 1.89. The maximum atomic E-state index is 5.71. The molecular formula is C10H12N4S2. The molecule has 0 aliphatic heterocycles. The molecule has 84 valence electrons. The first-order chi connectivity index (χ1) is 7.77. The lowest BCUT2D eigenvalue weighted by molar-refractivity contribution is 1.06. The Morgan fingerprint density at radius 2 is 2.12 bits per heavy atom. The number of anilines is 1. The van der Waals surface area contributed by atoms with E-state index in [1.807, 2.05) is 12.4 Å². The van der Waals surface area contributed by atoms with Gasteiger partial charge in [0.15, 0.2) is 5.82 Å². The second-order valence-electron chi connectivity index (χ2n) is 3.21. The van der Waals surface area contributed by atoms with Gasteiger partial charge in [0.25, 0.3) is 0 Å². The second-order valence-corrected chi connectivity index (χ2v) is 5.23. The zero-order valence-corrected chi connectivity index (χ0v) is 10.5. The highest BCUT2D eigenvalue weighted by Gasteiger charge is 2.04. The van der Waals surface area contributed by atoms with Gasteiger partial charge >= 0.3 is 0 Å². The number of hydrogen-bond donors (Lipinski definition) is 1. The Morgan fingerprint density at radius 1 is 1.31 bits per heavy atom. The minimum absolute atomic E-state index is 0.508. The SMILES string of the molecule is Cc1ncsc1CCSc1nccnc1N. The van der Waals surface area contributed by atoms with Gasteiger partial charge in [-0.15, -0.1) is 23.1 Å². The van der Waals surface area contributed by atoms with Crippen LogP contribution in [0.15, 0.2) is 22.9 Å². The highest BCUT2D eigenvalue weighted by atomic mass is 32.2. The Kier molecular flexibility index (Phi) is 3.74. The quantitative estimate of drug-likeness (QED) is 0.845. The summed E-state index contributed by atoms with van der Waals surface area (Å²) in [6.07, 6.45) is 4.26. The standard InChI is InChI=1S/C10H12N4S2/c1-7-8(16-6-14-7)2-5-15-10-9(11)12-3-4-13-10/h3-4,6H,2,5H2,1H3,(H2,11,12). The smallest absolute Gasteiger partial charge is 0.156 e. The molecule has 2 heterocycles. The summed E-state index contributed by atoms with van der Waals surface area (Å²) in [5, 5.41) is 0.810. The maximum Gasteiger partial charge on any atom is 0.156 e. The molecule has 0 unspecified atom stereocenters. The fraction of sp³-hybridized carbons (Fsp3) is 0.300. The summed E-state index contributed by atoms with van der Waals surface area (Å²) in [5.74, 6) is 1.46. The summed E-state index contributed by atoms with van der Waals surface area (Å²) in [4.78, 5) is 13.7. The van der Waals surface area contributed by atoms with E-state index >= 15 is 0 Å². The summed E-state index contributed by atoms with van der Waals surface area (Å²) >= 11 is 3.33. The van der Waals surface area contributed by atoms with Crippen LogP contribution in [0, 0.1) is 6.92 Å². The molecule has 16 heavy (non-hydrogen) atoms. The van der Waals surface area contributed by atoms with Gasteiger partial charge < -0.3 is 5.73 Å². The van der Waals surface area contributed by atoms with Gasteiger partial charge in [0, 0.05) is 23.0 Å². The first-order valence-corrected chi connectivity index (χ1v) is 6.72. The Hall–Kier alpha value is -1.14. The van der Waals surface area contributed by atoms with Crippen molar-refractivity contribution in [2.45, 2.75) is 18.4 Å². The molecule has 0 fully saturated rings. The van der Waals surface area contributed by atoms with Gasteiger partial charge in [-0.1, -0.05) is 0 Å². The van der Waals surface area contributed by atoms with Crippen molar-refractivity contribution in [1.29, 1.82) is 0 Å². The highest BCUT2D eigenvalue weighted by molar-refractivity contribution is 7.99. The molecule has 0 aliphatic carbocycles. The third-order valence-corrected chi connectivity index (χ3v) is 4.10. The van der Waals surface area contributed by atoms with E-state index in [1.54, 1.807) is 35.5 Å². The van der Waals surface area contributed by atoms with Crippen molar-refractivity contribution in [3.8, 4) is 0 Å². The third kappa shape index (κ3) is 2.70. The number of nitrogens with zero attached hydrogens (tertiary/aromatic N) is 3. The van der Waals surface area contributed by atoms with Crippen molar-refractivity contribution < 1.29 is 0 Å². The van der Waals surface area contributed by atoms with E-state index in [0.717, 1.165) is 22.9 Å². The van der Waals surface area contributed by atoms with Crippen LogP contribution >= 0.6 is 23.1 Å². The van der Waals surface area contributed by atoms with Crippen molar-refractivity contribution in [3.63, 3.8) is 0 Å². The van der Waals surface area contributed by atoms with Crippen LogP contribution in [0.4, 0.5) is 5.82 Å². The van der Waals surface area contributed by atoms with Crippen LogP contribution < -0.4 is 5.73 Å². The molecule has 0 bridgehead atoms. The molecule has 2 N–H and O–H groups in total. The molecule has 2 aromatic rings. The van der Waals surface area contributed by atoms with Crippen LogP contribution in [0.2, 0.25) is 0 Å². The predicted octanol–water partition coefficient (Wildman–Crippen LogP) is 2.16. The molecule has 4 nitrogen and oxygen atoms in total. The van der Waals surface area contributed by atoms with Crippen LogP contribution in [-0.4, -0.2) is 20.7 Å². The molecule has 0 amide bonds. The number of nitrogens with two attached hydrogens (primary N) is 1. The molecule has 0 saturated carbocycles. The van der Waals surface area contributed by atoms with E-state index in [4.69, 9.17) is 5.73 Å². The van der Waals surface area contributed by atoms with E-state index < -0.39 is 0 Å². The highest BCUT2D eigenvalue weighted by Crippen LogP contribution is 2.22. The van der Waals surface area contributed by atoms with E-state index in [1.165, 1.54) is 4.88 Å².